The fraction of sp³-hybridized carbons (Fsp3) is 0.667. The van der Waals surface area contributed by atoms with Gasteiger partial charge in [-0.1, -0.05) is 44.2 Å². The van der Waals surface area contributed by atoms with Gasteiger partial charge in [-0.15, -0.1) is 0 Å². The van der Waals surface area contributed by atoms with E-state index in [1.165, 1.54) is 4.90 Å². The van der Waals surface area contributed by atoms with Crippen LogP contribution in [0.5, 0.6) is 0 Å². The van der Waals surface area contributed by atoms with Crippen LogP contribution < -0.4 is 16.0 Å². The zero-order valence-corrected chi connectivity index (χ0v) is 28.1. The van der Waals surface area contributed by atoms with Crippen molar-refractivity contribution in [1.82, 2.24) is 20.9 Å². The Kier molecular flexibility index (Phi) is 14.1. The highest BCUT2D eigenvalue weighted by atomic mass is 16.6. The molecule has 0 unspecified atom stereocenters. The van der Waals surface area contributed by atoms with Crippen molar-refractivity contribution in [2.75, 3.05) is 13.1 Å². The number of likely N-dealkylation sites (tertiary alicyclic amines) is 1. The minimum atomic E-state index is -1.00. The minimum absolute atomic E-state index is 0.153. The summed E-state index contributed by atoms with van der Waals surface area (Å²) in [5, 5.41) is 8.14. The molecule has 0 bridgehead atoms. The second kappa shape index (κ2) is 17.0. The zero-order chi connectivity index (χ0) is 33.8. The van der Waals surface area contributed by atoms with Crippen LogP contribution >= 0.6 is 0 Å². The Balaban J connectivity index is 2.01. The number of hydrogen-bond donors (Lipinski definition) is 3. The van der Waals surface area contributed by atoms with Crippen LogP contribution in [0.2, 0.25) is 0 Å². The molecular formula is C33H52N4O8. The number of ether oxygens (including phenoxy) is 3. The molecule has 1 heterocycles. The van der Waals surface area contributed by atoms with Crippen molar-refractivity contribution < 1.29 is 38.2 Å². The maximum atomic E-state index is 13.7. The normalized spacial score (nSPS) is 16.4. The molecule has 4 amide bonds. The lowest BCUT2D eigenvalue weighted by molar-refractivity contribution is -0.163. The largest absolute Gasteiger partial charge is 0.458 e. The maximum absolute atomic E-state index is 13.7. The smallest absolute Gasteiger partial charge is 0.408 e. The van der Waals surface area contributed by atoms with Gasteiger partial charge >= 0.3 is 18.2 Å². The van der Waals surface area contributed by atoms with Crippen LogP contribution in [0.4, 0.5) is 9.59 Å². The summed E-state index contributed by atoms with van der Waals surface area (Å²) in [7, 11) is 0. The van der Waals surface area contributed by atoms with E-state index >= 15 is 0 Å². The highest BCUT2D eigenvalue weighted by Crippen LogP contribution is 2.23. The first-order valence-corrected chi connectivity index (χ1v) is 15.7. The average molecular weight is 633 g/mol. The van der Waals surface area contributed by atoms with Gasteiger partial charge in [0.2, 0.25) is 11.8 Å². The molecule has 1 fully saturated rings. The van der Waals surface area contributed by atoms with Crippen molar-refractivity contribution in [3.05, 3.63) is 35.9 Å². The second-order valence-electron chi connectivity index (χ2n) is 13.6. The molecule has 1 aromatic rings. The zero-order valence-electron chi connectivity index (χ0n) is 28.1. The van der Waals surface area contributed by atoms with Crippen molar-refractivity contribution in [3.63, 3.8) is 0 Å². The van der Waals surface area contributed by atoms with E-state index in [1.54, 1.807) is 55.4 Å². The summed E-state index contributed by atoms with van der Waals surface area (Å²) in [6.07, 6.45) is 1.03. The molecule has 3 N–H and O–H groups in total. The third-order valence-electron chi connectivity index (χ3n) is 6.85. The molecular weight excluding hydrogens is 580 g/mol. The summed E-state index contributed by atoms with van der Waals surface area (Å²) < 4.78 is 16.1. The molecule has 0 aliphatic carbocycles. The van der Waals surface area contributed by atoms with Gasteiger partial charge in [-0.2, -0.15) is 0 Å². The Bertz CT molecular complexity index is 1140. The summed E-state index contributed by atoms with van der Waals surface area (Å²) >= 11 is 0. The summed E-state index contributed by atoms with van der Waals surface area (Å²) in [5.74, 6) is -1.68. The van der Waals surface area contributed by atoms with E-state index in [9.17, 15) is 24.0 Å². The highest BCUT2D eigenvalue weighted by Gasteiger charge is 2.41. The Morgan fingerprint density at radius 3 is 2.13 bits per heavy atom. The summed E-state index contributed by atoms with van der Waals surface area (Å²) in [5.41, 5.74) is -0.602. The molecule has 45 heavy (non-hydrogen) atoms. The summed E-state index contributed by atoms with van der Waals surface area (Å²) in [4.78, 5) is 66.2. The Labute approximate surface area is 267 Å². The van der Waals surface area contributed by atoms with Gasteiger partial charge in [0.15, 0.2) is 0 Å². The number of carbonyl (C=O) groups is 5. The number of amides is 4. The van der Waals surface area contributed by atoms with E-state index in [0.717, 1.165) is 5.56 Å². The van der Waals surface area contributed by atoms with Gasteiger partial charge in [0.25, 0.3) is 0 Å². The van der Waals surface area contributed by atoms with Crippen molar-refractivity contribution in [3.8, 4) is 0 Å². The molecule has 0 radical (unpaired) electrons. The molecule has 0 saturated carbocycles. The number of hydrogen-bond acceptors (Lipinski definition) is 8. The predicted octanol–water partition coefficient (Wildman–Crippen LogP) is 4.45. The van der Waals surface area contributed by atoms with E-state index in [4.69, 9.17) is 14.2 Å². The highest BCUT2D eigenvalue weighted by molar-refractivity contribution is 5.93. The first-order chi connectivity index (χ1) is 21.0. The Morgan fingerprint density at radius 2 is 1.53 bits per heavy atom. The maximum Gasteiger partial charge on any atom is 0.408 e. The molecule has 1 aliphatic rings. The first kappa shape index (κ1) is 37.4. The number of alkyl carbamates (subject to hydrolysis) is 2. The third-order valence-corrected chi connectivity index (χ3v) is 6.85. The molecule has 12 heteroatoms. The molecule has 0 spiro atoms. The van der Waals surface area contributed by atoms with Gasteiger partial charge in [0.05, 0.1) is 0 Å². The molecule has 252 valence electrons. The lowest BCUT2D eigenvalue weighted by atomic mass is 10.0. The quantitative estimate of drug-likeness (QED) is 0.164. The average Bonchev–Trinajstić information content (AvgIpc) is 3.42. The molecule has 1 aromatic carbocycles. The minimum Gasteiger partial charge on any atom is -0.458 e. The summed E-state index contributed by atoms with van der Waals surface area (Å²) in [6, 6.07) is 6.67. The number of unbranched alkanes of at least 4 members (excludes halogenated alkanes) is 1. The molecule has 2 rings (SSSR count). The van der Waals surface area contributed by atoms with Crippen LogP contribution in [0.1, 0.15) is 93.1 Å². The second-order valence-corrected chi connectivity index (χ2v) is 13.6. The van der Waals surface area contributed by atoms with E-state index in [0.29, 0.717) is 38.8 Å². The van der Waals surface area contributed by atoms with Crippen LogP contribution in [0.25, 0.3) is 0 Å². The fourth-order valence-electron chi connectivity index (χ4n) is 4.75. The van der Waals surface area contributed by atoms with Gasteiger partial charge < -0.3 is 35.1 Å². The van der Waals surface area contributed by atoms with Gasteiger partial charge in [0, 0.05) is 13.1 Å². The lowest BCUT2D eigenvalue weighted by Gasteiger charge is -2.32. The molecule has 12 nitrogen and oxygen atoms in total. The number of esters is 1. The van der Waals surface area contributed by atoms with Gasteiger partial charge in [0.1, 0.15) is 35.9 Å². The number of benzene rings is 1. The fourth-order valence-corrected chi connectivity index (χ4v) is 4.75. The standard InChI is InChI=1S/C33H52N4O8/c1-22(2)26(28(39)37-20-14-18-25(37)29(40)44-32(3,4)5)36-27(38)24(35-31(42)45-33(6,7)8)17-12-13-19-34-30(41)43-21-23-15-10-9-11-16-23/h9-11,15-16,22,24-26H,12-14,17-21H2,1-8H3,(H,34,41)(H,35,42)(H,36,38)/t24-,25-,26-/m0/s1. The van der Waals surface area contributed by atoms with Crippen molar-refractivity contribution in [1.29, 1.82) is 0 Å². The molecule has 0 aromatic heterocycles. The topological polar surface area (TPSA) is 152 Å². The van der Waals surface area contributed by atoms with Crippen molar-refractivity contribution >= 4 is 30.0 Å². The van der Waals surface area contributed by atoms with E-state index in [2.05, 4.69) is 16.0 Å². The van der Waals surface area contributed by atoms with Gasteiger partial charge in [-0.25, -0.2) is 14.4 Å². The van der Waals surface area contributed by atoms with Crippen LogP contribution in [0.15, 0.2) is 30.3 Å². The van der Waals surface area contributed by atoms with E-state index in [-0.39, 0.29) is 24.9 Å². The first-order valence-electron chi connectivity index (χ1n) is 15.7. The molecule has 1 saturated heterocycles. The SMILES string of the molecule is CC(C)[C@H](NC(=O)[C@H](CCCCNC(=O)OCc1ccccc1)NC(=O)OC(C)(C)C)C(=O)N1CCC[C@H]1C(=O)OC(C)(C)C. The number of nitrogens with one attached hydrogen (secondary N) is 3. The van der Waals surface area contributed by atoms with Crippen LogP contribution in [-0.2, 0) is 35.2 Å². The van der Waals surface area contributed by atoms with Gasteiger partial charge in [-0.3, -0.25) is 9.59 Å². The monoisotopic (exact) mass is 632 g/mol. The Morgan fingerprint density at radius 1 is 0.889 bits per heavy atom. The van der Waals surface area contributed by atoms with Crippen molar-refractivity contribution in [2.45, 2.75) is 123 Å². The number of carbonyl (C=O) groups excluding carboxylic acids is 5. The van der Waals surface area contributed by atoms with Crippen LogP contribution in [0, 0.1) is 5.92 Å². The van der Waals surface area contributed by atoms with E-state index < -0.39 is 53.4 Å². The Hall–Kier alpha value is -3.83. The third kappa shape index (κ3) is 13.8. The lowest BCUT2D eigenvalue weighted by Crippen LogP contribution is -2.58. The van der Waals surface area contributed by atoms with Gasteiger partial charge in [-0.05, 0) is 85.1 Å². The number of nitrogens with zero attached hydrogens (tertiary/aromatic N) is 1. The van der Waals surface area contributed by atoms with Crippen LogP contribution in [0.3, 0.4) is 0 Å². The molecule has 1 aliphatic heterocycles. The predicted molar refractivity (Wildman–Crippen MR) is 169 cm³/mol. The summed E-state index contributed by atoms with van der Waals surface area (Å²) in [6.45, 7) is 14.9. The number of rotatable bonds is 13. The van der Waals surface area contributed by atoms with Crippen molar-refractivity contribution in [2.24, 2.45) is 5.92 Å². The molecule has 3 atom stereocenters. The van der Waals surface area contributed by atoms with Crippen LogP contribution in [-0.4, -0.2) is 77.3 Å². The van der Waals surface area contributed by atoms with E-state index in [1.807, 2.05) is 30.3 Å².